The molecule has 1 saturated heterocycles. The molecule has 1 aromatic carbocycles. The minimum Gasteiger partial charge on any atom is -0.495 e. The number of sulfonamides is 1. The second-order valence-corrected chi connectivity index (χ2v) is 8.84. The molecule has 2 heterocycles. The van der Waals surface area contributed by atoms with Crippen LogP contribution >= 0.6 is 11.6 Å². The zero-order valence-corrected chi connectivity index (χ0v) is 15.4. The van der Waals surface area contributed by atoms with Crippen molar-refractivity contribution in [3.63, 3.8) is 0 Å². The summed E-state index contributed by atoms with van der Waals surface area (Å²) in [6, 6.07) is 4.54. The molecule has 0 radical (unpaired) electrons. The lowest BCUT2D eigenvalue weighted by Gasteiger charge is -2.17. The lowest BCUT2D eigenvalue weighted by molar-refractivity contribution is 0.414. The van der Waals surface area contributed by atoms with Gasteiger partial charge >= 0.3 is 0 Å². The van der Waals surface area contributed by atoms with Gasteiger partial charge in [0.05, 0.1) is 28.8 Å². The summed E-state index contributed by atoms with van der Waals surface area (Å²) in [5, 5.41) is 8.69. The molecule has 2 aliphatic rings. The van der Waals surface area contributed by atoms with Crippen LogP contribution in [0, 0.1) is 0 Å². The van der Waals surface area contributed by atoms with E-state index in [1.165, 1.54) is 36.4 Å². The van der Waals surface area contributed by atoms with E-state index in [1.807, 2.05) is 10.9 Å². The molecule has 1 aliphatic heterocycles. The third kappa shape index (κ3) is 3.14. The van der Waals surface area contributed by atoms with Crippen molar-refractivity contribution >= 4 is 21.6 Å². The molecule has 134 valence electrons. The van der Waals surface area contributed by atoms with Crippen LogP contribution in [0.25, 0.3) is 0 Å². The SMILES string of the molecule is COc1ccc(S(=O)(=O)N2CCC(n3cc(C4CC4)nn3)C2)cc1Cl. The fourth-order valence-electron chi connectivity index (χ4n) is 3.14. The highest BCUT2D eigenvalue weighted by atomic mass is 35.5. The molecule has 1 aliphatic carbocycles. The highest BCUT2D eigenvalue weighted by Gasteiger charge is 2.35. The predicted molar refractivity (Wildman–Crippen MR) is 92.4 cm³/mol. The minimum atomic E-state index is -3.59. The number of rotatable bonds is 5. The Hall–Kier alpha value is -1.64. The Morgan fingerprint density at radius 2 is 2.08 bits per heavy atom. The maximum atomic E-state index is 12.9. The normalized spacial score (nSPS) is 21.6. The van der Waals surface area contributed by atoms with Gasteiger partial charge in [-0.25, -0.2) is 13.1 Å². The first-order chi connectivity index (χ1) is 12.0. The van der Waals surface area contributed by atoms with E-state index in [1.54, 1.807) is 6.07 Å². The van der Waals surface area contributed by atoms with Crippen molar-refractivity contribution < 1.29 is 13.2 Å². The van der Waals surface area contributed by atoms with Gasteiger partial charge in [0, 0.05) is 25.2 Å². The highest BCUT2D eigenvalue weighted by molar-refractivity contribution is 7.89. The summed E-state index contributed by atoms with van der Waals surface area (Å²) in [5.41, 5.74) is 1.02. The van der Waals surface area contributed by atoms with Gasteiger partial charge < -0.3 is 4.74 Å². The molecule has 1 aromatic heterocycles. The first-order valence-corrected chi connectivity index (χ1v) is 10.1. The number of aromatic nitrogens is 3. The van der Waals surface area contributed by atoms with Crippen molar-refractivity contribution in [2.75, 3.05) is 20.2 Å². The van der Waals surface area contributed by atoms with Gasteiger partial charge in [0.2, 0.25) is 10.0 Å². The summed E-state index contributed by atoms with van der Waals surface area (Å²) in [6.45, 7) is 0.842. The van der Waals surface area contributed by atoms with Crippen LogP contribution in [0.4, 0.5) is 0 Å². The van der Waals surface area contributed by atoms with E-state index in [2.05, 4.69) is 10.3 Å². The van der Waals surface area contributed by atoms with Crippen LogP contribution in [0.2, 0.25) is 5.02 Å². The van der Waals surface area contributed by atoms with Crippen molar-refractivity contribution in [2.24, 2.45) is 0 Å². The third-order valence-corrected chi connectivity index (χ3v) is 6.94. The fourth-order valence-corrected chi connectivity index (χ4v) is 4.98. The molecule has 25 heavy (non-hydrogen) atoms. The molecule has 0 amide bonds. The molecule has 0 N–H and O–H groups in total. The average Bonchev–Trinajstić information content (AvgIpc) is 3.12. The van der Waals surface area contributed by atoms with Crippen LogP contribution < -0.4 is 4.74 Å². The monoisotopic (exact) mass is 382 g/mol. The fraction of sp³-hybridized carbons (Fsp3) is 0.500. The van der Waals surface area contributed by atoms with Crippen molar-refractivity contribution in [1.29, 1.82) is 0 Å². The first kappa shape index (κ1) is 16.8. The molecular formula is C16H19ClN4O3S. The maximum absolute atomic E-state index is 12.9. The van der Waals surface area contributed by atoms with Gasteiger partial charge in [0.25, 0.3) is 0 Å². The summed E-state index contributed by atoms with van der Waals surface area (Å²) >= 11 is 6.07. The molecule has 1 saturated carbocycles. The Bertz CT molecular complexity index is 895. The predicted octanol–water partition coefficient (Wildman–Crippen LogP) is 2.45. The van der Waals surface area contributed by atoms with Crippen LogP contribution in [0.15, 0.2) is 29.3 Å². The minimum absolute atomic E-state index is 0.0171. The van der Waals surface area contributed by atoms with Gasteiger partial charge in [-0.2, -0.15) is 4.31 Å². The van der Waals surface area contributed by atoms with Crippen LogP contribution in [-0.4, -0.2) is 47.9 Å². The Balaban J connectivity index is 1.52. The second-order valence-electron chi connectivity index (χ2n) is 6.50. The van der Waals surface area contributed by atoms with E-state index < -0.39 is 10.0 Å². The lowest BCUT2D eigenvalue weighted by atomic mass is 10.2. The number of methoxy groups -OCH3 is 1. The number of halogens is 1. The van der Waals surface area contributed by atoms with Gasteiger partial charge in [0.15, 0.2) is 0 Å². The van der Waals surface area contributed by atoms with E-state index in [4.69, 9.17) is 16.3 Å². The highest BCUT2D eigenvalue weighted by Crippen LogP contribution is 2.39. The number of hydrogen-bond acceptors (Lipinski definition) is 5. The zero-order valence-electron chi connectivity index (χ0n) is 13.8. The zero-order chi connectivity index (χ0) is 17.6. The standard InChI is InChI=1S/C16H19ClN4O3S/c1-24-16-5-4-13(8-14(16)17)25(22,23)20-7-6-12(9-20)21-10-15(18-19-21)11-2-3-11/h4-5,8,10-12H,2-3,6-7,9H2,1H3. The van der Waals surface area contributed by atoms with Crippen LogP contribution in [0.3, 0.4) is 0 Å². The van der Waals surface area contributed by atoms with E-state index in [0.29, 0.717) is 24.8 Å². The average molecular weight is 383 g/mol. The van der Waals surface area contributed by atoms with Gasteiger partial charge in [-0.1, -0.05) is 16.8 Å². The lowest BCUT2D eigenvalue weighted by Crippen LogP contribution is -2.29. The van der Waals surface area contributed by atoms with E-state index in [-0.39, 0.29) is 16.0 Å². The van der Waals surface area contributed by atoms with Crippen LogP contribution in [-0.2, 0) is 10.0 Å². The van der Waals surface area contributed by atoms with Gasteiger partial charge in [-0.15, -0.1) is 5.10 Å². The Morgan fingerprint density at radius 3 is 2.76 bits per heavy atom. The Kier molecular flexibility index (Phi) is 4.21. The van der Waals surface area contributed by atoms with Gasteiger partial charge in [-0.05, 0) is 37.5 Å². The maximum Gasteiger partial charge on any atom is 0.243 e. The molecule has 2 fully saturated rings. The summed E-state index contributed by atoms with van der Waals surface area (Å²) in [6.07, 6.45) is 5.02. The molecule has 4 rings (SSSR count). The summed E-state index contributed by atoms with van der Waals surface area (Å²) in [4.78, 5) is 0.177. The molecule has 9 heteroatoms. The number of nitrogens with zero attached hydrogens (tertiary/aromatic N) is 4. The summed E-state index contributed by atoms with van der Waals surface area (Å²) in [5.74, 6) is 0.992. The number of hydrogen-bond donors (Lipinski definition) is 0. The molecule has 0 spiro atoms. The summed E-state index contributed by atoms with van der Waals surface area (Å²) < 4.78 is 34.1. The molecular weight excluding hydrogens is 364 g/mol. The van der Waals surface area contributed by atoms with E-state index in [0.717, 1.165) is 12.1 Å². The van der Waals surface area contributed by atoms with Gasteiger partial charge in [0.1, 0.15) is 5.75 Å². The third-order valence-electron chi connectivity index (χ3n) is 4.78. The topological polar surface area (TPSA) is 77.3 Å². The Labute approximate surface area is 151 Å². The van der Waals surface area contributed by atoms with Crippen LogP contribution in [0.1, 0.15) is 36.9 Å². The van der Waals surface area contributed by atoms with Crippen LogP contribution in [0.5, 0.6) is 5.75 Å². The largest absolute Gasteiger partial charge is 0.495 e. The molecule has 0 bridgehead atoms. The smallest absolute Gasteiger partial charge is 0.243 e. The van der Waals surface area contributed by atoms with E-state index in [9.17, 15) is 8.42 Å². The molecule has 1 atom stereocenters. The Morgan fingerprint density at radius 1 is 1.28 bits per heavy atom. The van der Waals surface area contributed by atoms with Crippen molar-refractivity contribution in [3.8, 4) is 5.75 Å². The molecule has 1 unspecified atom stereocenters. The molecule has 7 nitrogen and oxygen atoms in total. The van der Waals surface area contributed by atoms with E-state index >= 15 is 0 Å². The first-order valence-electron chi connectivity index (χ1n) is 8.24. The second kappa shape index (κ2) is 6.26. The summed E-state index contributed by atoms with van der Waals surface area (Å²) in [7, 11) is -2.10. The van der Waals surface area contributed by atoms with Crippen molar-refractivity contribution in [2.45, 2.75) is 36.1 Å². The van der Waals surface area contributed by atoms with Crippen molar-refractivity contribution in [1.82, 2.24) is 19.3 Å². The molecule has 2 aromatic rings. The quantitative estimate of drug-likeness (QED) is 0.793. The number of benzene rings is 1. The number of ether oxygens (including phenoxy) is 1. The van der Waals surface area contributed by atoms with Gasteiger partial charge in [-0.3, -0.25) is 0 Å². The van der Waals surface area contributed by atoms with Crippen molar-refractivity contribution in [3.05, 3.63) is 35.1 Å².